The molecule has 0 radical (unpaired) electrons. The molecule has 1 aromatic carbocycles. The molecule has 0 bridgehead atoms. The highest BCUT2D eigenvalue weighted by molar-refractivity contribution is 8.02. The molecule has 1 aliphatic heterocycles. The number of rotatable bonds is 4. The van der Waals surface area contributed by atoms with Gasteiger partial charge in [-0.25, -0.2) is 0 Å². The standard InChI is InChI=1S/C15H20N2O2S2/c1-19-12-5-3-4-11(10-12)13(18)17-8-6-15(21-2,7-9-17)14(16)20/h3-5,10H,6-9H2,1-2H3,(H2,16,20). The average Bonchev–Trinajstić information content (AvgIpc) is 2.54. The number of carbonyl (C=O) groups excluding carboxylic acids is 1. The topological polar surface area (TPSA) is 55.6 Å². The zero-order valence-corrected chi connectivity index (χ0v) is 13.9. The Labute approximate surface area is 135 Å². The molecular formula is C15H20N2O2S2. The Hall–Kier alpha value is -1.27. The van der Waals surface area contributed by atoms with E-state index >= 15 is 0 Å². The number of hydrogen-bond acceptors (Lipinski definition) is 4. The molecule has 2 rings (SSSR count). The lowest BCUT2D eigenvalue weighted by Crippen LogP contribution is -2.50. The van der Waals surface area contributed by atoms with Crippen LogP contribution < -0.4 is 10.5 Å². The summed E-state index contributed by atoms with van der Waals surface area (Å²) in [5.41, 5.74) is 6.53. The molecule has 0 unspecified atom stereocenters. The number of likely N-dealkylation sites (tertiary alicyclic amines) is 1. The molecule has 1 aromatic rings. The largest absolute Gasteiger partial charge is 0.497 e. The fraction of sp³-hybridized carbons (Fsp3) is 0.467. The molecule has 1 heterocycles. The Morgan fingerprint density at radius 1 is 1.43 bits per heavy atom. The van der Waals surface area contributed by atoms with Gasteiger partial charge in [-0.2, -0.15) is 11.8 Å². The van der Waals surface area contributed by atoms with Crippen molar-refractivity contribution in [3.63, 3.8) is 0 Å². The highest BCUT2D eigenvalue weighted by Crippen LogP contribution is 2.35. The quantitative estimate of drug-likeness (QED) is 0.862. The molecule has 0 atom stereocenters. The molecule has 2 N–H and O–H groups in total. The molecule has 6 heteroatoms. The average molecular weight is 324 g/mol. The van der Waals surface area contributed by atoms with E-state index in [-0.39, 0.29) is 10.7 Å². The van der Waals surface area contributed by atoms with Gasteiger partial charge in [-0.15, -0.1) is 0 Å². The Morgan fingerprint density at radius 3 is 2.62 bits per heavy atom. The van der Waals surface area contributed by atoms with Gasteiger partial charge in [0.1, 0.15) is 5.75 Å². The van der Waals surface area contributed by atoms with Crippen molar-refractivity contribution in [2.24, 2.45) is 5.73 Å². The van der Waals surface area contributed by atoms with E-state index in [1.165, 1.54) is 0 Å². The molecule has 4 nitrogen and oxygen atoms in total. The van der Waals surface area contributed by atoms with Crippen molar-refractivity contribution in [3.8, 4) is 5.75 Å². The first-order valence-electron chi connectivity index (χ1n) is 6.81. The second-order valence-electron chi connectivity index (χ2n) is 5.09. The molecule has 0 saturated carbocycles. The molecule has 1 fully saturated rings. The van der Waals surface area contributed by atoms with Crippen molar-refractivity contribution in [2.45, 2.75) is 17.6 Å². The van der Waals surface area contributed by atoms with Crippen molar-refractivity contribution >= 4 is 34.9 Å². The van der Waals surface area contributed by atoms with Crippen LogP contribution in [0.15, 0.2) is 24.3 Å². The van der Waals surface area contributed by atoms with Gasteiger partial charge in [0.2, 0.25) is 0 Å². The van der Waals surface area contributed by atoms with Gasteiger partial charge in [-0.05, 0) is 37.3 Å². The van der Waals surface area contributed by atoms with E-state index in [1.54, 1.807) is 24.9 Å². The normalized spacial score (nSPS) is 17.3. The molecule has 114 valence electrons. The first-order valence-corrected chi connectivity index (χ1v) is 8.44. The van der Waals surface area contributed by atoms with Gasteiger partial charge in [0.25, 0.3) is 5.91 Å². The summed E-state index contributed by atoms with van der Waals surface area (Å²) in [5.74, 6) is 0.728. The maximum Gasteiger partial charge on any atom is 0.253 e. The van der Waals surface area contributed by atoms with E-state index < -0.39 is 0 Å². The van der Waals surface area contributed by atoms with E-state index in [0.717, 1.165) is 12.8 Å². The molecular weight excluding hydrogens is 304 g/mol. The van der Waals surface area contributed by atoms with Crippen molar-refractivity contribution < 1.29 is 9.53 Å². The minimum atomic E-state index is -0.166. The first kappa shape index (κ1) is 16.1. The fourth-order valence-electron chi connectivity index (χ4n) is 2.56. The van der Waals surface area contributed by atoms with Gasteiger partial charge in [-0.1, -0.05) is 18.3 Å². The van der Waals surface area contributed by atoms with E-state index in [1.807, 2.05) is 29.4 Å². The number of hydrogen-bond donors (Lipinski definition) is 1. The highest BCUT2D eigenvalue weighted by Gasteiger charge is 2.37. The van der Waals surface area contributed by atoms with E-state index in [4.69, 9.17) is 22.7 Å². The summed E-state index contributed by atoms with van der Waals surface area (Å²) >= 11 is 6.89. The van der Waals surface area contributed by atoms with Crippen LogP contribution in [0.4, 0.5) is 0 Å². The summed E-state index contributed by atoms with van der Waals surface area (Å²) < 4.78 is 5.00. The third-order valence-electron chi connectivity index (χ3n) is 4.01. The Balaban J connectivity index is 2.08. The van der Waals surface area contributed by atoms with Crippen LogP contribution in [0, 0.1) is 0 Å². The number of piperidine rings is 1. The predicted octanol–water partition coefficient (Wildman–Crippen LogP) is 2.32. The van der Waals surface area contributed by atoms with E-state index in [2.05, 4.69) is 0 Å². The zero-order valence-electron chi connectivity index (χ0n) is 12.3. The molecule has 21 heavy (non-hydrogen) atoms. The number of thiocarbonyl (C=S) groups is 1. The molecule has 1 aliphatic rings. The lowest BCUT2D eigenvalue weighted by atomic mass is 9.95. The van der Waals surface area contributed by atoms with Crippen LogP contribution in [0.1, 0.15) is 23.2 Å². The number of thioether (sulfide) groups is 1. The van der Waals surface area contributed by atoms with Gasteiger partial charge in [0.15, 0.2) is 0 Å². The third-order valence-corrected chi connectivity index (χ3v) is 5.94. The van der Waals surface area contributed by atoms with Crippen molar-refractivity contribution in [1.82, 2.24) is 4.90 Å². The van der Waals surface area contributed by atoms with Crippen molar-refractivity contribution in [1.29, 1.82) is 0 Å². The van der Waals surface area contributed by atoms with Gasteiger partial charge >= 0.3 is 0 Å². The number of nitrogens with two attached hydrogens (primary N) is 1. The fourth-order valence-corrected chi connectivity index (χ4v) is 3.81. The second kappa shape index (κ2) is 6.66. The van der Waals surface area contributed by atoms with Gasteiger partial charge in [0, 0.05) is 18.7 Å². The highest BCUT2D eigenvalue weighted by atomic mass is 32.2. The zero-order chi connectivity index (χ0) is 15.5. The van der Waals surface area contributed by atoms with Gasteiger partial charge in [-0.3, -0.25) is 4.79 Å². The molecule has 1 saturated heterocycles. The van der Waals surface area contributed by atoms with Crippen molar-refractivity contribution in [3.05, 3.63) is 29.8 Å². The lowest BCUT2D eigenvalue weighted by Gasteiger charge is -2.40. The van der Waals surface area contributed by atoms with Crippen LogP contribution in [0.5, 0.6) is 5.75 Å². The Kier molecular flexibility index (Phi) is 5.11. The van der Waals surface area contributed by atoms with E-state index in [0.29, 0.717) is 29.4 Å². The Bertz CT molecular complexity index is 540. The van der Waals surface area contributed by atoms with Crippen LogP contribution in [0.3, 0.4) is 0 Å². The predicted molar refractivity (Wildman–Crippen MR) is 91.2 cm³/mol. The summed E-state index contributed by atoms with van der Waals surface area (Å²) in [7, 11) is 1.60. The Morgan fingerprint density at radius 2 is 2.10 bits per heavy atom. The van der Waals surface area contributed by atoms with Crippen LogP contribution in [-0.2, 0) is 0 Å². The summed E-state index contributed by atoms with van der Waals surface area (Å²) in [6.07, 6.45) is 3.64. The van der Waals surface area contributed by atoms with Crippen LogP contribution >= 0.6 is 24.0 Å². The number of ether oxygens (including phenoxy) is 1. The number of methoxy groups -OCH3 is 1. The second-order valence-corrected chi connectivity index (χ2v) is 6.72. The minimum absolute atomic E-state index is 0.0338. The summed E-state index contributed by atoms with van der Waals surface area (Å²) in [6.45, 7) is 1.35. The molecule has 0 spiro atoms. The molecule has 0 aromatic heterocycles. The number of carbonyl (C=O) groups is 1. The number of benzene rings is 1. The first-order chi connectivity index (χ1) is 10.0. The maximum absolute atomic E-state index is 12.5. The van der Waals surface area contributed by atoms with Crippen molar-refractivity contribution in [2.75, 3.05) is 26.5 Å². The summed E-state index contributed by atoms with van der Waals surface area (Å²) in [6, 6.07) is 7.25. The van der Waals surface area contributed by atoms with Crippen LogP contribution in [0.2, 0.25) is 0 Å². The van der Waals surface area contributed by atoms with E-state index in [9.17, 15) is 4.79 Å². The number of nitrogens with zero attached hydrogens (tertiary/aromatic N) is 1. The van der Waals surface area contributed by atoms with Crippen LogP contribution in [0.25, 0.3) is 0 Å². The smallest absolute Gasteiger partial charge is 0.253 e. The molecule has 0 aliphatic carbocycles. The maximum atomic E-state index is 12.5. The lowest BCUT2D eigenvalue weighted by molar-refractivity contribution is 0.0718. The molecule has 1 amide bonds. The number of amides is 1. The van der Waals surface area contributed by atoms with Gasteiger partial charge in [0.05, 0.1) is 16.8 Å². The summed E-state index contributed by atoms with van der Waals surface area (Å²) in [5, 5.41) is 0. The van der Waals surface area contributed by atoms with Gasteiger partial charge < -0.3 is 15.4 Å². The third kappa shape index (κ3) is 3.32. The monoisotopic (exact) mass is 324 g/mol. The minimum Gasteiger partial charge on any atom is -0.497 e. The summed E-state index contributed by atoms with van der Waals surface area (Å²) in [4.78, 5) is 14.9. The van der Waals surface area contributed by atoms with Crippen LogP contribution in [-0.4, -0.2) is 47.0 Å². The SMILES string of the molecule is COc1cccc(C(=O)N2CCC(SC)(C(N)=S)CC2)c1.